The molecule has 1 unspecified atom stereocenters. The molecule has 2 rings (SSSR count). The van der Waals surface area contributed by atoms with E-state index < -0.39 is 11.9 Å². The van der Waals surface area contributed by atoms with Crippen LogP contribution in [0.15, 0.2) is 0 Å². The maximum atomic E-state index is 12.3. The van der Waals surface area contributed by atoms with Crippen LogP contribution >= 0.6 is 0 Å². The van der Waals surface area contributed by atoms with Gasteiger partial charge in [-0.15, -0.1) is 0 Å². The number of nitrogens with zero attached hydrogens (tertiary/aromatic N) is 1. The summed E-state index contributed by atoms with van der Waals surface area (Å²) in [5, 5.41) is 9.01. The van der Waals surface area contributed by atoms with E-state index in [-0.39, 0.29) is 5.91 Å². The highest BCUT2D eigenvalue weighted by molar-refractivity contribution is 5.78. The van der Waals surface area contributed by atoms with Crippen molar-refractivity contribution in [2.45, 2.75) is 57.9 Å². The third-order valence-corrected chi connectivity index (χ3v) is 4.54. The van der Waals surface area contributed by atoms with E-state index in [1.807, 2.05) is 4.90 Å². The minimum atomic E-state index is -0.823. The first-order valence-electron chi connectivity index (χ1n) is 8.18. The summed E-state index contributed by atoms with van der Waals surface area (Å²) in [5.74, 6) is -0.475. The largest absolute Gasteiger partial charge is 0.481 e. The van der Waals surface area contributed by atoms with Crippen molar-refractivity contribution in [3.8, 4) is 0 Å². The topological polar surface area (TPSA) is 66.8 Å². The van der Waals surface area contributed by atoms with Gasteiger partial charge in [-0.1, -0.05) is 6.92 Å². The van der Waals surface area contributed by atoms with Gasteiger partial charge in [-0.3, -0.25) is 9.59 Å². The van der Waals surface area contributed by atoms with Gasteiger partial charge in [0.25, 0.3) is 0 Å². The number of hydrogen-bond acceptors (Lipinski definition) is 3. The number of ether oxygens (including phenoxy) is 1. The van der Waals surface area contributed by atoms with Gasteiger partial charge >= 0.3 is 5.97 Å². The minimum Gasteiger partial charge on any atom is -0.481 e. The molecular formula is C16H27NO4. The molecule has 1 atom stereocenters. The van der Waals surface area contributed by atoms with Gasteiger partial charge in [0, 0.05) is 32.2 Å². The second kappa shape index (κ2) is 7.78. The fraction of sp³-hybridized carbons (Fsp3) is 0.875. The molecule has 1 amide bonds. The first kappa shape index (κ1) is 16.3. The van der Waals surface area contributed by atoms with E-state index in [1.165, 1.54) is 0 Å². The van der Waals surface area contributed by atoms with Gasteiger partial charge < -0.3 is 14.7 Å². The molecule has 1 saturated heterocycles. The van der Waals surface area contributed by atoms with Crippen molar-refractivity contribution < 1.29 is 19.4 Å². The number of carbonyl (C=O) groups is 2. The molecule has 5 heteroatoms. The highest BCUT2D eigenvalue weighted by atomic mass is 16.5. The lowest BCUT2D eigenvalue weighted by Gasteiger charge is -2.25. The molecule has 1 N–H and O–H groups in total. The fourth-order valence-corrected chi connectivity index (χ4v) is 2.93. The molecule has 0 radical (unpaired) electrons. The van der Waals surface area contributed by atoms with E-state index in [9.17, 15) is 9.59 Å². The Balaban J connectivity index is 1.72. The van der Waals surface area contributed by atoms with Gasteiger partial charge in [0.1, 0.15) is 0 Å². The van der Waals surface area contributed by atoms with Crippen molar-refractivity contribution in [1.29, 1.82) is 0 Å². The molecule has 1 aliphatic carbocycles. The highest BCUT2D eigenvalue weighted by Crippen LogP contribution is 2.29. The Bertz CT molecular complexity index is 361. The SMILES string of the molecule is CC(CN(C(=O)CCCC1CCOCC1)C1CC1)C(=O)O. The summed E-state index contributed by atoms with van der Waals surface area (Å²) in [7, 11) is 0. The van der Waals surface area contributed by atoms with Gasteiger partial charge in [0.15, 0.2) is 0 Å². The lowest BCUT2D eigenvalue weighted by molar-refractivity contribution is -0.143. The third-order valence-electron chi connectivity index (χ3n) is 4.54. The van der Waals surface area contributed by atoms with Crippen LogP contribution in [0.1, 0.15) is 51.9 Å². The van der Waals surface area contributed by atoms with Crippen LogP contribution in [0.3, 0.4) is 0 Å². The lowest BCUT2D eigenvalue weighted by atomic mass is 9.94. The van der Waals surface area contributed by atoms with Crippen LogP contribution < -0.4 is 0 Å². The quantitative estimate of drug-likeness (QED) is 0.746. The Hall–Kier alpha value is -1.10. The predicted molar refractivity (Wildman–Crippen MR) is 78.9 cm³/mol. The Morgan fingerprint density at radius 1 is 1.24 bits per heavy atom. The normalized spacial score (nSPS) is 21.0. The number of carbonyl (C=O) groups excluding carboxylic acids is 1. The van der Waals surface area contributed by atoms with E-state index >= 15 is 0 Å². The van der Waals surface area contributed by atoms with Crippen LogP contribution in [-0.2, 0) is 14.3 Å². The van der Waals surface area contributed by atoms with Crippen LogP contribution in [-0.4, -0.2) is 47.7 Å². The molecule has 21 heavy (non-hydrogen) atoms. The maximum Gasteiger partial charge on any atom is 0.308 e. The van der Waals surface area contributed by atoms with Gasteiger partial charge in [0.05, 0.1) is 5.92 Å². The van der Waals surface area contributed by atoms with Crippen molar-refractivity contribution in [3.05, 3.63) is 0 Å². The van der Waals surface area contributed by atoms with Crippen LogP contribution in [0.25, 0.3) is 0 Å². The van der Waals surface area contributed by atoms with Crippen molar-refractivity contribution in [1.82, 2.24) is 4.90 Å². The molecule has 2 fully saturated rings. The van der Waals surface area contributed by atoms with E-state index in [0.717, 1.165) is 51.7 Å². The molecule has 2 aliphatic rings. The predicted octanol–water partition coefficient (Wildman–Crippen LogP) is 2.29. The average Bonchev–Trinajstić information content (AvgIpc) is 3.29. The Morgan fingerprint density at radius 2 is 1.90 bits per heavy atom. The Labute approximate surface area is 126 Å². The summed E-state index contributed by atoms with van der Waals surface area (Å²) < 4.78 is 5.34. The molecule has 1 heterocycles. The maximum absolute atomic E-state index is 12.3. The summed E-state index contributed by atoms with van der Waals surface area (Å²) in [5.41, 5.74) is 0. The summed E-state index contributed by atoms with van der Waals surface area (Å²) in [6.07, 6.45) is 6.82. The molecule has 1 aliphatic heterocycles. The van der Waals surface area contributed by atoms with Crippen molar-refractivity contribution in [2.75, 3.05) is 19.8 Å². The van der Waals surface area contributed by atoms with Gasteiger partial charge in [0.2, 0.25) is 5.91 Å². The summed E-state index contributed by atoms with van der Waals surface area (Å²) in [6, 6.07) is 0.294. The van der Waals surface area contributed by atoms with Crippen LogP contribution in [0, 0.1) is 11.8 Å². The first-order chi connectivity index (χ1) is 10.1. The zero-order chi connectivity index (χ0) is 15.2. The van der Waals surface area contributed by atoms with Crippen molar-refractivity contribution >= 4 is 11.9 Å². The molecule has 1 saturated carbocycles. The third kappa shape index (κ3) is 5.30. The number of carboxylic acids is 1. The number of hydrogen-bond donors (Lipinski definition) is 1. The smallest absolute Gasteiger partial charge is 0.308 e. The Kier molecular flexibility index (Phi) is 6.03. The van der Waals surface area contributed by atoms with Crippen molar-refractivity contribution in [2.24, 2.45) is 11.8 Å². The van der Waals surface area contributed by atoms with Crippen LogP contribution in [0.4, 0.5) is 0 Å². The highest BCUT2D eigenvalue weighted by Gasteiger charge is 2.34. The minimum absolute atomic E-state index is 0.137. The van der Waals surface area contributed by atoms with E-state index in [4.69, 9.17) is 9.84 Å². The Morgan fingerprint density at radius 3 is 2.48 bits per heavy atom. The standard InChI is InChI=1S/C16H27NO4/c1-12(16(19)20)11-17(14-5-6-14)15(18)4-2-3-13-7-9-21-10-8-13/h12-14H,2-11H2,1H3,(H,19,20). The summed E-state index contributed by atoms with van der Waals surface area (Å²) >= 11 is 0. The van der Waals surface area contributed by atoms with E-state index in [2.05, 4.69) is 0 Å². The molecule has 0 spiro atoms. The zero-order valence-electron chi connectivity index (χ0n) is 12.9. The summed E-state index contributed by atoms with van der Waals surface area (Å²) in [4.78, 5) is 25.1. The second-order valence-electron chi connectivity index (χ2n) is 6.46. The lowest BCUT2D eigenvalue weighted by Crippen LogP contribution is -2.38. The number of amides is 1. The molecular weight excluding hydrogens is 270 g/mol. The van der Waals surface area contributed by atoms with Gasteiger partial charge in [-0.05, 0) is 44.4 Å². The second-order valence-corrected chi connectivity index (χ2v) is 6.46. The monoisotopic (exact) mass is 297 g/mol. The van der Waals surface area contributed by atoms with Crippen molar-refractivity contribution in [3.63, 3.8) is 0 Å². The zero-order valence-corrected chi connectivity index (χ0v) is 12.9. The molecule has 0 aromatic rings. The summed E-state index contributed by atoms with van der Waals surface area (Å²) in [6.45, 7) is 3.73. The first-order valence-corrected chi connectivity index (χ1v) is 8.18. The molecule has 120 valence electrons. The molecule has 5 nitrogen and oxygen atoms in total. The number of rotatable bonds is 8. The molecule has 0 aromatic heterocycles. The van der Waals surface area contributed by atoms with Gasteiger partial charge in [-0.25, -0.2) is 0 Å². The fourth-order valence-electron chi connectivity index (χ4n) is 2.93. The van der Waals surface area contributed by atoms with Crippen LogP contribution in [0.5, 0.6) is 0 Å². The average molecular weight is 297 g/mol. The van der Waals surface area contributed by atoms with E-state index in [0.29, 0.717) is 24.9 Å². The molecule has 0 aromatic carbocycles. The van der Waals surface area contributed by atoms with Crippen LogP contribution in [0.2, 0.25) is 0 Å². The number of aliphatic carboxylic acids is 1. The van der Waals surface area contributed by atoms with E-state index in [1.54, 1.807) is 6.92 Å². The number of carboxylic acid groups (broad SMARTS) is 1. The molecule has 0 bridgehead atoms. The van der Waals surface area contributed by atoms with Gasteiger partial charge in [-0.2, -0.15) is 0 Å².